The maximum atomic E-state index is 11.3. The van der Waals surface area contributed by atoms with Crippen molar-refractivity contribution in [2.45, 2.75) is 20.4 Å². The van der Waals surface area contributed by atoms with Crippen LogP contribution in [0.1, 0.15) is 18.2 Å². The number of ether oxygens (including phenoxy) is 1. The van der Waals surface area contributed by atoms with Crippen molar-refractivity contribution >= 4 is 17.5 Å². The molecule has 0 unspecified atom stereocenters. The molecule has 0 aliphatic carbocycles. The van der Waals surface area contributed by atoms with Gasteiger partial charge in [0.1, 0.15) is 0 Å². The Morgan fingerprint density at radius 2 is 1.86 bits per heavy atom. The van der Waals surface area contributed by atoms with E-state index in [9.17, 15) is 4.79 Å². The summed E-state index contributed by atoms with van der Waals surface area (Å²) in [5.41, 5.74) is 3.79. The van der Waals surface area contributed by atoms with E-state index < -0.39 is 6.09 Å². The molecule has 1 aromatic carbocycles. The van der Waals surface area contributed by atoms with Crippen molar-refractivity contribution in [3.63, 3.8) is 0 Å². The molecular formula is C16H19N3O2. The van der Waals surface area contributed by atoms with Gasteiger partial charge in [-0.2, -0.15) is 0 Å². The molecular weight excluding hydrogens is 266 g/mol. The molecule has 5 nitrogen and oxygen atoms in total. The van der Waals surface area contributed by atoms with Gasteiger partial charge in [-0.3, -0.25) is 10.3 Å². The first-order valence-corrected chi connectivity index (χ1v) is 6.86. The number of carbonyl (C=O) groups excluding carboxylic acids is 1. The van der Waals surface area contributed by atoms with Crippen LogP contribution in [0.5, 0.6) is 0 Å². The number of carbonyl (C=O) groups is 1. The van der Waals surface area contributed by atoms with Gasteiger partial charge in [-0.05, 0) is 49.7 Å². The number of aryl methyl sites for hydroxylation is 1. The average molecular weight is 285 g/mol. The van der Waals surface area contributed by atoms with Gasteiger partial charge < -0.3 is 10.1 Å². The van der Waals surface area contributed by atoms with Gasteiger partial charge in [0.2, 0.25) is 0 Å². The van der Waals surface area contributed by atoms with Gasteiger partial charge in [-0.1, -0.05) is 6.07 Å². The number of aromatic nitrogens is 1. The molecule has 110 valence electrons. The summed E-state index contributed by atoms with van der Waals surface area (Å²) in [4.78, 5) is 15.6. The number of pyridine rings is 1. The number of nitrogens with zero attached hydrogens (tertiary/aromatic N) is 1. The molecule has 2 N–H and O–H groups in total. The van der Waals surface area contributed by atoms with Crippen LogP contribution in [0.2, 0.25) is 0 Å². The van der Waals surface area contributed by atoms with Crippen LogP contribution < -0.4 is 10.6 Å². The molecule has 2 aromatic rings. The Hall–Kier alpha value is -2.56. The quantitative estimate of drug-likeness (QED) is 0.881. The minimum Gasteiger partial charge on any atom is -0.450 e. The molecule has 21 heavy (non-hydrogen) atoms. The number of hydrogen-bond donors (Lipinski definition) is 2. The van der Waals surface area contributed by atoms with Crippen LogP contribution in [0.4, 0.5) is 16.2 Å². The molecule has 0 saturated carbocycles. The molecule has 0 bridgehead atoms. The van der Waals surface area contributed by atoms with Gasteiger partial charge in [-0.15, -0.1) is 0 Å². The largest absolute Gasteiger partial charge is 0.450 e. The summed E-state index contributed by atoms with van der Waals surface area (Å²) in [6.45, 7) is 4.80. The predicted octanol–water partition coefficient (Wildman–Crippen LogP) is 3.57. The highest BCUT2D eigenvalue weighted by Gasteiger charge is 2.01. The Balaban J connectivity index is 1.87. The van der Waals surface area contributed by atoms with Crippen LogP contribution in [0.3, 0.4) is 0 Å². The second kappa shape index (κ2) is 7.28. The highest BCUT2D eigenvalue weighted by atomic mass is 16.5. The van der Waals surface area contributed by atoms with Crippen LogP contribution in [-0.4, -0.2) is 17.7 Å². The van der Waals surface area contributed by atoms with E-state index in [1.165, 1.54) is 0 Å². The van der Waals surface area contributed by atoms with E-state index in [4.69, 9.17) is 4.74 Å². The van der Waals surface area contributed by atoms with E-state index >= 15 is 0 Å². The Morgan fingerprint density at radius 3 is 2.48 bits per heavy atom. The average Bonchev–Trinajstić information content (AvgIpc) is 2.48. The van der Waals surface area contributed by atoms with Crippen molar-refractivity contribution in [3.8, 4) is 0 Å². The zero-order valence-electron chi connectivity index (χ0n) is 12.2. The van der Waals surface area contributed by atoms with E-state index in [0.29, 0.717) is 18.8 Å². The summed E-state index contributed by atoms with van der Waals surface area (Å²) in [7, 11) is 0. The van der Waals surface area contributed by atoms with Gasteiger partial charge in [0.15, 0.2) is 0 Å². The lowest BCUT2D eigenvalue weighted by Gasteiger charge is -2.08. The van der Waals surface area contributed by atoms with Crippen LogP contribution in [0.25, 0.3) is 0 Å². The topological polar surface area (TPSA) is 63.2 Å². The molecule has 0 fully saturated rings. The second-order valence-electron chi connectivity index (χ2n) is 4.60. The number of benzene rings is 1. The fourth-order valence-electron chi connectivity index (χ4n) is 1.75. The van der Waals surface area contributed by atoms with Crippen LogP contribution in [-0.2, 0) is 11.3 Å². The summed E-state index contributed by atoms with van der Waals surface area (Å²) in [5.74, 6) is 0. The van der Waals surface area contributed by atoms with Crippen molar-refractivity contribution < 1.29 is 9.53 Å². The van der Waals surface area contributed by atoms with Gasteiger partial charge in [0.25, 0.3) is 0 Å². The van der Waals surface area contributed by atoms with Gasteiger partial charge >= 0.3 is 6.09 Å². The molecule has 0 saturated heterocycles. The van der Waals surface area contributed by atoms with E-state index in [-0.39, 0.29) is 0 Å². The highest BCUT2D eigenvalue weighted by molar-refractivity contribution is 5.84. The van der Waals surface area contributed by atoms with Crippen LogP contribution in [0, 0.1) is 6.92 Å². The lowest BCUT2D eigenvalue weighted by atomic mass is 10.2. The summed E-state index contributed by atoms with van der Waals surface area (Å²) in [6, 6.07) is 11.5. The third kappa shape index (κ3) is 4.80. The monoisotopic (exact) mass is 285 g/mol. The Kier molecular flexibility index (Phi) is 5.15. The third-order valence-corrected chi connectivity index (χ3v) is 2.85. The number of amides is 1. The van der Waals surface area contributed by atoms with E-state index in [1.54, 1.807) is 6.92 Å². The first-order chi connectivity index (χ1) is 10.2. The lowest BCUT2D eigenvalue weighted by molar-refractivity contribution is 0.168. The maximum Gasteiger partial charge on any atom is 0.411 e. The fraction of sp³-hybridized carbons (Fsp3) is 0.250. The van der Waals surface area contributed by atoms with E-state index in [1.807, 2.05) is 49.5 Å². The van der Waals surface area contributed by atoms with Crippen LogP contribution in [0.15, 0.2) is 42.6 Å². The number of hydrogen-bond acceptors (Lipinski definition) is 4. The van der Waals surface area contributed by atoms with Gasteiger partial charge in [-0.25, -0.2) is 4.79 Å². The van der Waals surface area contributed by atoms with Crippen molar-refractivity contribution in [3.05, 3.63) is 53.9 Å². The molecule has 0 spiro atoms. The number of nitrogens with one attached hydrogen (secondary N) is 2. The molecule has 2 rings (SSSR count). The second-order valence-corrected chi connectivity index (χ2v) is 4.60. The number of anilines is 2. The van der Waals surface area contributed by atoms with Crippen molar-refractivity contribution in [2.24, 2.45) is 0 Å². The van der Waals surface area contributed by atoms with Crippen LogP contribution >= 0.6 is 0 Å². The SMILES string of the molecule is CCOC(=O)Nc1ccc(NCc2ccc(C)cn2)cc1. The molecule has 0 aliphatic heterocycles. The molecule has 1 heterocycles. The summed E-state index contributed by atoms with van der Waals surface area (Å²) in [5, 5.41) is 5.93. The third-order valence-electron chi connectivity index (χ3n) is 2.85. The van der Waals surface area contributed by atoms with Gasteiger partial charge in [0.05, 0.1) is 18.8 Å². The zero-order chi connectivity index (χ0) is 15.1. The summed E-state index contributed by atoms with van der Waals surface area (Å²) >= 11 is 0. The maximum absolute atomic E-state index is 11.3. The van der Waals surface area contributed by atoms with Crippen molar-refractivity contribution in [1.29, 1.82) is 0 Å². The fourth-order valence-corrected chi connectivity index (χ4v) is 1.75. The molecule has 0 atom stereocenters. The minimum atomic E-state index is -0.443. The highest BCUT2D eigenvalue weighted by Crippen LogP contribution is 2.14. The zero-order valence-corrected chi connectivity index (χ0v) is 12.2. The Labute approximate surface area is 124 Å². The minimum absolute atomic E-state index is 0.356. The smallest absolute Gasteiger partial charge is 0.411 e. The van der Waals surface area contributed by atoms with E-state index in [2.05, 4.69) is 15.6 Å². The Bertz CT molecular complexity index is 579. The molecule has 0 aliphatic rings. The molecule has 0 radical (unpaired) electrons. The summed E-state index contributed by atoms with van der Waals surface area (Å²) in [6.07, 6.45) is 1.41. The van der Waals surface area contributed by atoms with E-state index in [0.717, 1.165) is 16.9 Å². The molecule has 1 aromatic heterocycles. The lowest BCUT2D eigenvalue weighted by Crippen LogP contribution is -2.13. The normalized spacial score (nSPS) is 10.0. The molecule has 5 heteroatoms. The van der Waals surface area contributed by atoms with Gasteiger partial charge in [0, 0.05) is 17.6 Å². The predicted molar refractivity (Wildman–Crippen MR) is 83.4 cm³/mol. The van der Waals surface area contributed by atoms with Crippen molar-refractivity contribution in [1.82, 2.24) is 4.98 Å². The van der Waals surface area contributed by atoms with Crippen molar-refractivity contribution in [2.75, 3.05) is 17.2 Å². The first-order valence-electron chi connectivity index (χ1n) is 6.86. The summed E-state index contributed by atoms with van der Waals surface area (Å²) < 4.78 is 4.82. The first kappa shape index (κ1) is 14.8. The Morgan fingerprint density at radius 1 is 1.14 bits per heavy atom. The molecule has 1 amide bonds. The number of rotatable bonds is 5. The standard InChI is InChI=1S/C16H19N3O2/c1-3-21-16(20)19-14-8-6-13(7-9-14)18-11-15-5-4-12(2)10-17-15/h4-10,18H,3,11H2,1-2H3,(H,19,20).